The summed E-state index contributed by atoms with van der Waals surface area (Å²) in [5, 5.41) is 2.99. The van der Waals surface area contributed by atoms with Crippen LogP contribution < -0.4 is 15.0 Å². The lowest BCUT2D eigenvalue weighted by atomic mass is 10.1. The van der Waals surface area contributed by atoms with E-state index in [2.05, 4.69) is 15.2 Å². The summed E-state index contributed by atoms with van der Waals surface area (Å²) in [4.78, 5) is 19.0. The quantitative estimate of drug-likeness (QED) is 0.868. The van der Waals surface area contributed by atoms with E-state index in [-0.39, 0.29) is 5.91 Å². The number of anilines is 1. The number of carbonyl (C=O) groups is 1. The lowest BCUT2D eigenvalue weighted by Gasteiger charge is -2.29. The number of hydrogen-bond donors (Lipinski definition) is 1. The van der Waals surface area contributed by atoms with Crippen LogP contribution in [0.4, 0.5) is 5.82 Å². The highest BCUT2D eigenvalue weighted by Gasteiger charge is 2.16. The zero-order valence-electron chi connectivity index (χ0n) is 14.4. The van der Waals surface area contributed by atoms with Gasteiger partial charge in [0.05, 0.1) is 26.7 Å². The van der Waals surface area contributed by atoms with Gasteiger partial charge in [0.1, 0.15) is 11.6 Å². The average Bonchev–Trinajstić information content (AvgIpc) is 2.67. The molecule has 6 heteroatoms. The van der Waals surface area contributed by atoms with Crippen LogP contribution in [0.25, 0.3) is 0 Å². The molecule has 132 valence electrons. The molecule has 0 aliphatic carbocycles. The van der Waals surface area contributed by atoms with Crippen LogP contribution in [0, 0.1) is 0 Å². The van der Waals surface area contributed by atoms with E-state index in [0.717, 1.165) is 35.8 Å². The fourth-order valence-electron chi connectivity index (χ4n) is 2.85. The molecular formula is C19H23N3O3. The normalized spacial score (nSPS) is 14.2. The van der Waals surface area contributed by atoms with E-state index in [0.29, 0.717) is 26.2 Å². The predicted molar refractivity (Wildman–Crippen MR) is 95.8 cm³/mol. The smallest absolute Gasteiger partial charge is 0.224 e. The number of ether oxygens (including phenoxy) is 2. The van der Waals surface area contributed by atoms with Gasteiger partial charge in [0.15, 0.2) is 0 Å². The molecule has 1 aliphatic heterocycles. The van der Waals surface area contributed by atoms with Crippen molar-refractivity contribution >= 4 is 11.7 Å². The summed E-state index contributed by atoms with van der Waals surface area (Å²) in [6.45, 7) is 3.52. The third kappa shape index (κ3) is 4.70. The Morgan fingerprint density at radius 3 is 2.92 bits per heavy atom. The Hall–Kier alpha value is -2.60. The molecule has 1 N–H and O–H groups in total. The molecule has 0 bridgehead atoms. The van der Waals surface area contributed by atoms with Gasteiger partial charge in [-0.15, -0.1) is 0 Å². The fraction of sp³-hybridized carbons (Fsp3) is 0.368. The number of morpholine rings is 1. The van der Waals surface area contributed by atoms with Crippen molar-refractivity contribution in [3.05, 3.63) is 53.7 Å². The number of hydrogen-bond acceptors (Lipinski definition) is 5. The number of aromatic nitrogens is 1. The van der Waals surface area contributed by atoms with Gasteiger partial charge in [0, 0.05) is 31.4 Å². The Bertz CT molecular complexity index is 715. The first-order valence-electron chi connectivity index (χ1n) is 8.42. The van der Waals surface area contributed by atoms with Gasteiger partial charge in [-0.3, -0.25) is 4.79 Å². The maximum Gasteiger partial charge on any atom is 0.224 e. The van der Waals surface area contributed by atoms with Gasteiger partial charge in [0.25, 0.3) is 0 Å². The summed E-state index contributed by atoms with van der Waals surface area (Å²) < 4.78 is 10.6. The summed E-state index contributed by atoms with van der Waals surface area (Å²) in [5.74, 6) is 1.66. The number of rotatable bonds is 6. The van der Waals surface area contributed by atoms with Crippen molar-refractivity contribution in [1.29, 1.82) is 0 Å². The van der Waals surface area contributed by atoms with Gasteiger partial charge >= 0.3 is 0 Å². The highest BCUT2D eigenvalue weighted by Crippen LogP contribution is 2.18. The van der Waals surface area contributed by atoms with Crippen LogP contribution in [0.1, 0.15) is 11.1 Å². The second-order valence-electron chi connectivity index (χ2n) is 5.89. The number of methoxy groups -OCH3 is 1. The number of benzene rings is 1. The van der Waals surface area contributed by atoms with Crippen molar-refractivity contribution in [2.45, 2.75) is 13.0 Å². The molecule has 1 fully saturated rings. The first-order chi connectivity index (χ1) is 12.3. The Morgan fingerprint density at radius 2 is 2.12 bits per heavy atom. The summed E-state index contributed by atoms with van der Waals surface area (Å²) >= 11 is 0. The molecule has 0 radical (unpaired) electrons. The molecule has 25 heavy (non-hydrogen) atoms. The van der Waals surface area contributed by atoms with Crippen molar-refractivity contribution < 1.29 is 14.3 Å². The Labute approximate surface area is 147 Å². The van der Waals surface area contributed by atoms with Gasteiger partial charge in [-0.25, -0.2) is 4.98 Å². The van der Waals surface area contributed by atoms with Crippen LogP contribution in [-0.4, -0.2) is 44.3 Å². The summed E-state index contributed by atoms with van der Waals surface area (Å²) in [5.41, 5.74) is 1.94. The van der Waals surface area contributed by atoms with Crippen LogP contribution in [0.5, 0.6) is 5.75 Å². The first kappa shape index (κ1) is 17.2. The zero-order valence-corrected chi connectivity index (χ0v) is 14.4. The second kappa shape index (κ2) is 8.48. The summed E-state index contributed by atoms with van der Waals surface area (Å²) in [6, 6.07) is 11.5. The molecule has 2 heterocycles. The SMILES string of the molecule is COc1cccc(CC(=O)NCc2cccnc2N2CCOCC2)c1. The molecule has 3 rings (SSSR count). The minimum absolute atomic E-state index is 0.0231. The molecule has 6 nitrogen and oxygen atoms in total. The van der Waals surface area contributed by atoms with Crippen molar-refractivity contribution in [3.63, 3.8) is 0 Å². The van der Waals surface area contributed by atoms with Gasteiger partial charge in [-0.2, -0.15) is 0 Å². The van der Waals surface area contributed by atoms with E-state index in [1.54, 1.807) is 13.3 Å². The zero-order chi connectivity index (χ0) is 17.5. The van der Waals surface area contributed by atoms with Crippen molar-refractivity contribution in [2.75, 3.05) is 38.3 Å². The van der Waals surface area contributed by atoms with Crippen molar-refractivity contribution in [1.82, 2.24) is 10.3 Å². The summed E-state index contributed by atoms with van der Waals surface area (Å²) in [7, 11) is 1.62. The minimum atomic E-state index is -0.0231. The van der Waals surface area contributed by atoms with Crippen molar-refractivity contribution in [2.24, 2.45) is 0 Å². The van der Waals surface area contributed by atoms with E-state index >= 15 is 0 Å². The molecule has 1 amide bonds. The monoisotopic (exact) mass is 341 g/mol. The number of nitrogens with zero attached hydrogens (tertiary/aromatic N) is 2. The Morgan fingerprint density at radius 1 is 1.28 bits per heavy atom. The first-order valence-corrected chi connectivity index (χ1v) is 8.42. The molecule has 0 unspecified atom stereocenters. The molecular weight excluding hydrogens is 318 g/mol. The third-order valence-electron chi connectivity index (χ3n) is 4.15. The maximum absolute atomic E-state index is 12.3. The molecule has 1 aromatic carbocycles. The number of nitrogens with one attached hydrogen (secondary N) is 1. The van der Waals surface area contributed by atoms with Crippen molar-refractivity contribution in [3.8, 4) is 5.75 Å². The summed E-state index contributed by atoms with van der Waals surface area (Å²) in [6.07, 6.45) is 2.11. The highest BCUT2D eigenvalue weighted by atomic mass is 16.5. The molecule has 2 aromatic rings. The molecule has 0 saturated carbocycles. The molecule has 1 aromatic heterocycles. The lowest BCUT2D eigenvalue weighted by molar-refractivity contribution is -0.120. The van der Waals surface area contributed by atoms with Crippen LogP contribution in [0.15, 0.2) is 42.6 Å². The third-order valence-corrected chi connectivity index (χ3v) is 4.15. The van der Waals surface area contributed by atoms with Crippen LogP contribution in [0.2, 0.25) is 0 Å². The average molecular weight is 341 g/mol. The molecule has 1 saturated heterocycles. The topological polar surface area (TPSA) is 63.7 Å². The predicted octanol–water partition coefficient (Wildman–Crippen LogP) is 1.79. The number of carbonyl (C=O) groups excluding carboxylic acids is 1. The van der Waals surface area contributed by atoms with Crippen LogP contribution in [-0.2, 0) is 22.5 Å². The molecule has 0 atom stereocenters. The molecule has 1 aliphatic rings. The van der Waals surface area contributed by atoms with E-state index in [4.69, 9.17) is 9.47 Å². The fourth-order valence-corrected chi connectivity index (χ4v) is 2.85. The Kier molecular flexibility index (Phi) is 5.85. The van der Waals surface area contributed by atoms with E-state index in [9.17, 15) is 4.79 Å². The van der Waals surface area contributed by atoms with Crippen LogP contribution >= 0.6 is 0 Å². The maximum atomic E-state index is 12.3. The van der Waals surface area contributed by atoms with Crippen LogP contribution in [0.3, 0.4) is 0 Å². The lowest BCUT2D eigenvalue weighted by Crippen LogP contribution is -2.38. The van der Waals surface area contributed by atoms with Gasteiger partial charge < -0.3 is 19.7 Å². The molecule has 0 spiro atoms. The van der Waals surface area contributed by atoms with E-state index in [1.807, 2.05) is 36.4 Å². The van der Waals surface area contributed by atoms with Gasteiger partial charge in [-0.05, 0) is 23.8 Å². The minimum Gasteiger partial charge on any atom is -0.497 e. The van der Waals surface area contributed by atoms with Gasteiger partial charge in [0.2, 0.25) is 5.91 Å². The van der Waals surface area contributed by atoms with E-state index in [1.165, 1.54) is 0 Å². The second-order valence-corrected chi connectivity index (χ2v) is 5.89. The standard InChI is InChI=1S/C19H23N3O3/c1-24-17-6-2-4-15(12-17)13-18(23)21-14-16-5-3-7-20-19(16)22-8-10-25-11-9-22/h2-7,12H,8-11,13-14H2,1H3,(H,21,23). The number of pyridine rings is 1. The van der Waals surface area contributed by atoms with E-state index < -0.39 is 0 Å². The van der Waals surface area contributed by atoms with Gasteiger partial charge in [-0.1, -0.05) is 18.2 Å². The number of amides is 1. The Balaban J connectivity index is 1.60. The highest BCUT2D eigenvalue weighted by molar-refractivity contribution is 5.78. The largest absolute Gasteiger partial charge is 0.497 e.